The molecule has 0 saturated carbocycles. The highest BCUT2D eigenvalue weighted by molar-refractivity contribution is 7.80. The minimum absolute atomic E-state index is 0.497. The van der Waals surface area contributed by atoms with Crippen LogP contribution < -0.4 is 15.4 Å². The molecule has 0 amide bonds. The van der Waals surface area contributed by atoms with E-state index in [0.717, 1.165) is 28.4 Å². The van der Waals surface area contributed by atoms with Crippen LogP contribution in [-0.4, -0.2) is 31.8 Å². The van der Waals surface area contributed by atoms with Crippen LogP contribution in [0.2, 0.25) is 0 Å². The molecule has 130 valence electrons. The van der Waals surface area contributed by atoms with Crippen molar-refractivity contribution in [2.24, 2.45) is 7.05 Å². The average Bonchev–Trinajstić information content (AvgIpc) is 3.16. The van der Waals surface area contributed by atoms with Gasteiger partial charge in [0.1, 0.15) is 5.75 Å². The van der Waals surface area contributed by atoms with Crippen molar-refractivity contribution in [2.45, 2.75) is 13.5 Å². The van der Waals surface area contributed by atoms with E-state index in [1.165, 1.54) is 0 Å². The Hall–Kier alpha value is -2.87. The number of benzene rings is 1. The molecule has 7 nitrogen and oxygen atoms in total. The third-order valence-corrected chi connectivity index (χ3v) is 4.06. The second kappa shape index (κ2) is 7.35. The van der Waals surface area contributed by atoms with E-state index in [1.54, 1.807) is 24.2 Å². The molecular weight excluding hydrogens is 336 g/mol. The number of aryl methyl sites for hydroxylation is 1. The number of thiocarbonyl (C=S) groups is 1. The maximum absolute atomic E-state index is 5.35. The SMILES string of the molecule is COc1cccc(Cn2cc(NC(=S)Nc3cnn(C)c3C)cn2)c1. The van der Waals surface area contributed by atoms with Crippen molar-refractivity contribution in [1.82, 2.24) is 19.6 Å². The maximum Gasteiger partial charge on any atom is 0.175 e. The minimum atomic E-state index is 0.497. The number of hydrogen-bond acceptors (Lipinski definition) is 4. The summed E-state index contributed by atoms with van der Waals surface area (Å²) >= 11 is 5.35. The first-order valence-electron chi connectivity index (χ1n) is 7.77. The van der Waals surface area contributed by atoms with Crippen molar-refractivity contribution in [3.8, 4) is 5.75 Å². The van der Waals surface area contributed by atoms with Crippen LogP contribution in [0.1, 0.15) is 11.3 Å². The topological polar surface area (TPSA) is 68.9 Å². The summed E-state index contributed by atoms with van der Waals surface area (Å²) in [5.74, 6) is 0.834. The fourth-order valence-corrected chi connectivity index (χ4v) is 2.61. The van der Waals surface area contributed by atoms with Crippen molar-refractivity contribution >= 4 is 28.7 Å². The number of aromatic nitrogens is 4. The van der Waals surface area contributed by atoms with Gasteiger partial charge in [-0.15, -0.1) is 0 Å². The van der Waals surface area contributed by atoms with Crippen molar-refractivity contribution in [3.63, 3.8) is 0 Å². The van der Waals surface area contributed by atoms with Gasteiger partial charge in [0.2, 0.25) is 0 Å². The van der Waals surface area contributed by atoms with Gasteiger partial charge in [0.25, 0.3) is 0 Å². The zero-order chi connectivity index (χ0) is 17.8. The van der Waals surface area contributed by atoms with Crippen LogP contribution in [0.3, 0.4) is 0 Å². The van der Waals surface area contributed by atoms with Crippen LogP contribution in [0.25, 0.3) is 0 Å². The van der Waals surface area contributed by atoms with E-state index in [2.05, 4.69) is 20.8 Å². The first-order chi connectivity index (χ1) is 12.0. The molecule has 0 atom stereocenters. The molecule has 8 heteroatoms. The van der Waals surface area contributed by atoms with Gasteiger partial charge in [0.15, 0.2) is 5.11 Å². The average molecular weight is 356 g/mol. The lowest BCUT2D eigenvalue weighted by Gasteiger charge is -2.08. The Morgan fingerprint density at radius 3 is 2.80 bits per heavy atom. The lowest BCUT2D eigenvalue weighted by atomic mass is 10.2. The van der Waals surface area contributed by atoms with E-state index in [9.17, 15) is 0 Å². The van der Waals surface area contributed by atoms with E-state index < -0.39 is 0 Å². The number of rotatable bonds is 5. The number of nitrogens with one attached hydrogen (secondary N) is 2. The summed E-state index contributed by atoms with van der Waals surface area (Å²) in [6.07, 6.45) is 5.39. The van der Waals surface area contributed by atoms with Gasteiger partial charge in [-0.2, -0.15) is 10.2 Å². The smallest absolute Gasteiger partial charge is 0.175 e. The Balaban J connectivity index is 1.61. The molecule has 3 rings (SSSR count). The van der Waals surface area contributed by atoms with Gasteiger partial charge in [-0.1, -0.05) is 12.1 Å². The first-order valence-corrected chi connectivity index (χ1v) is 8.18. The lowest BCUT2D eigenvalue weighted by Crippen LogP contribution is -2.19. The highest BCUT2D eigenvalue weighted by Gasteiger charge is 2.07. The summed E-state index contributed by atoms with van der Waals surface area (Å²) in [6.45, 7) is 2.63. The number of hydrogen-bond donors (Lipinski definition) is 2. The number of nitrogens with zero attached hydrogens (tertiary/aromatic N) is 4. The Kier molecular flexibility index (Phi) is 4.99. The van der Waals surface area contributed by atoms with Gasteiger partial charge < -0.3 is 15.4 Å². The molecule has 0 fully saturated rings. The second-order valence-electron chi connectivity index (χ2n) is 5.62. The summed E-state index contributed by atoms with van der Waals surface area (Å²) in [6, 6.07) is 7.91. The molecule has 0 radical (unpaired) electrons. The third kappa shape index (κ3) is 4.16. The van der Waals surface area contributed by atoms with Gasteiger partial charge in [0.05, 0.1) is 43.1 Å². The van der Waals surface area contributed by atoms with Crippen LogP contribution in [0, 0.1) is 6.92 Å². The van der Waals surface area contributed by atoms with Crippen LogP contribution in [0.5, 0.6) is 5.75 Å². The van der Waals surface area contributed by atoms with E-state index in [1.807, 2.05) is 49.1 Å². The lowest BCUT2D eigenvalue weighted by molar-refractivity contribution is 0.414. The minimum Gasteiger partial charge on any atom is -0.497 e. The molecule has 0 saturated heterocycles. The fourth-order valence-electron chi connectivity index (χ4n) is 2.38. The molecule has 2 aromatic heterocycles. The van der Waals surface area contributed by atoms with Crippen LogP contribution in [-0.2, 0) is 13.6 Å². The number of anilines is 2. The molecule has 0 aliphatic carbocycles. The predicted molar refractivity (Wildman–Crippen MR) is 102 cm³/mol. The molecule has 0 spiro atoms. The molecule has 2 N–H and O–H groups in total. The monoisotopic (exact) mass is 356 g/mol. The van der Waals surface area contributed by atoms with Crippen LogP contribution in [0.15, 0.2) is 42.9 Å². The third-order valence-electron chi connectivity index (χ3n) is 3.85. The summed E-state index contributed by atoms with van der Waals surface area (Å²) in [7, 11) is 3.55. The fraction of sp³-hybridized carbons (Fsp3) is 0.235. The molecule has 0 aliphatic rings. The highest BCUT2D eigenvalue weighted by Crippen LogP contribution is 2.15. The Labute approximate surface area is 151 Å². The summed E-state index contributed by atoms with van der Waals surface area (Å²) in [5, 5.41) is 15.3. The summed E-state index contributed by atoms with van der Waals surface area (Å²) in [5.41, 5.74) is 3.82. The molecule has 25 heavy (non-hydrogen) atoms. The first kappa shape index (κ1) is 17.0. The Bertz CT molecular complexity index is 885. The molecule has 1 aromatic carbocycles. The normalized spacial score (nSPS) is 10.5. The van der Waals surface area contributed by atoms with Crippen LogP contribution in [0.4, 0.5) is 11.4 Å². The van der Waals surface area contributed by atoms with Gasteiger partial charge in [0, 0.05) is 13.2 Å². The van der Waals surface area contributed by atoms with E-state index in [4.69, 9.17) is 17.0 Å². The zero-order valence-electron chi connectivity index (χ0n) is 14.4. The quantitative estimate of drug-likeness (QED) is 0.685. The zero-order valence-corrected chi connectivity index (χ0v) is 15.2. The summed E-state index contributed by atoms with van der Waals surface area (Å²) in [4.78, 5) is 0. The van der Waals surface area contributed by atoms with Gasteiger partial charge in [-0.3, -0.25) is 9.36 Å². The van der Waals surface area contributed by atoms with Crippen molar-refractivity contribution in [2.75, 3.05) is 17.7 Å². The molecule has 0 unspecified atom stereocenters. The molecule has 0 aliphatic heterocycles. The highest BCUT2D eigenvalue weighted by atomic mass is 32.1. The van der Waals surface area contributed by atoms with E-state index >= 15 is 0 Å². The van der Waals surface area contributed by atoms with Crippen molar-refractivity contribution < 1.29 is 4.74 Å². The second-order valence-corrected chi connectivity index (χ2v) is 6.03. The van der Waals surface area contributed by atoms with Gasteiger partial charge in [-0.05, 0) is 36.8 Å². The molecule has 0 bridgehead atoms. The standard InChI is InChI=1S/C17H20N6OS/c1-12-16(9-18-22(12)2)21-17(25)20-14-8-19-23(11-14)10-13-5-4-6-15(7-13)24-3/h4-9,11H,10H2,1-3H3,(H2,20,21,25). The largest absolute Gasteiger partial charge is 0.497 e. The van der Waals surface area contributed by atoms with Gasteiger partial charge in [-0.25, -0.2) is 0 Å². The van der Waals surface area contributed by atoms with Crippen molar-refractivity contribution in [3.05, 3.63) is 54.1 Å². The van der Waals surface area contributed by atoms with E-state index in [-0.39, 0.29) is 0 Å². The summed E-state index contributed by atoms with van der Waals surface area (Å²) < 4.78 is 8.88. The number of ether oxygens (including phenoxy) is 1. The predicted octanol–water partition coefficient (Wildman–Crippen LogP) is 2.79. The Morgan fingerprint density at radius 2 is 2.08 bits per heavy atom. The molecule has 3 aromatic rings. The molecule has 2 heterocycles. The molecular formula is C17H20N6OS. The maximum atomic E-state index is 5.35. The van der Waals surface area contributed by atoms with Crippen LogP contribution >= 0.6 is 12.2 Å². The van der Waals surface area contributed by atoms with Gasteiger partial charge >= 0.3 is 0 Å². The number of methoxy groups -OCH3 is 1. The van der Waals surface area contributed by atoms with Crippen molar-refractivity contribution in [1.29, 1.82) is 0 Å². The Morgan fingerprint density at radius 1 is 1.24 bits per heavy atom. The van der Waals surface area contributed by atoms with E-state index in [0.29, 0.717) is 11.7 Å².